The zero-order valence-electron chi connectivity index (χ0n) is 16.2. The summed E-state index contributed by atoms with van der Waals surface area (Å²) in [6, 6.07) is 14.3. The van der Waals surface area contributed by atoms with Gasteiger partial charge in [0.05, 0.1) is 0 Å². The van der Waals surface area contributed by atoms with E-state index in [1.165, 1.54) is 23.9 Å². The molecular formula is C21H25F3N4O. The van der Waals surface area contributed by atoms with Gasteiger partial charge in [0.2, 0.25) is 0 Å². The number of piperidine rings is 1. The minimum absolute atomic E-state index is 0.0166. The SMILES string of the molecule is CN=C(NCc1c(F)cccc1OC(F)F)NC1CCN(c2ccccc2)CC1. The third-order valence-corrected chi connectivity index (χ3v) is 4.91. The molecule has 0 bridgehead atoms. The summed E-state index contributed by atoms with van der Waals surface area (Å²) < 4.78 is 43.6. The Bertz CT molecular complexity index is 809. The van der Waals surface area contributed by atoms with Crippen LogP contribution in [-0.2, 0) is 6.54 Å². The van der Waals surface area contributed by atoms with Crippen molar-refractivity contribution >= 4 is 11.6 Å². The number of alkyl halides is 2. The number of rotatable bonds is 6. The first-order valence-electron chi connectivity index (χ1n) is 9.56. The molecule has 0 aliphatic carbocycles. The molecule has 2 N–H and O–H groups in total. The van der Waals surface area contributed by atoms with Crippen molar-refractivity contribution in [3.63, 3.8) is 0 Å². The van der Waals surface area contributed by atoms with E-state index in [2.05, 4.69) is 37.4 Å². The lowest BCUT2D eigenvalue weighted by Crippen LogP contribution is -2.48. The molecule has 0 aromatic heterocycles. The first kappa shape index (κ1) is 20.8. The summed E-state index contributed by atoms with van der Waals surface area (Å²) in [5, 5.41) is 6.32. The van der Waals surface area contributed by atoms with Gasteiger partial charge in [-0.1, -0.05) is 24.3 Å². The maximum Gasteiger partial charge on any atom is 0.387 e. The summed E-state index contributed by atoms with van der Waals surface area (Å²) in [7, 11) is 1.62. The molecule has 2 aromatic carbocycles. The summed E-state index contributed by atoms with van der Waals surface area (Å²) in [4.78, 5) is 6.50. The van der Waals surface area contributed by atoms with Crippen LogP contribution in [0, 0.1) is 5.82 Å². The van der Waals surface area contributed by atoms with Crippen LogP contribution in [0.25, 0.3) is 0 Å². The largest absolute Gasteiger partial charge is 0.434 e. The summed E-state index contributed by atoms with van der Waals surface area (Å²) in [6.45, 7) is -1.20. The molecule has 0 spiro atoms. The Kier molecular flexibility index (Phi) is 7.21. The van der Waals surface area contributed by atoms with Crippen molar-refractivity contribution in [1.82, 2.24) is 10.6 Å². The summed E-state index contributed by atoms with van der Waals surface area (Å²) in [5.74, 6) is -0.296. The van der Waals surface area contributed by atoms with Crippen LogP contribution >= 0.6 is 0 Å². The van der Waals surface area contributed by atoms with Crippen molar-refractivity contribution < 1.29 is 17.9 Å². The molecule has 1 aliphatic heterocycles. The highest BCUT2D eigenvalue weighted by molar-refractivity contribution is 5.80. The third-order valence-electron chi connectivity index (χ3n) is 4.91. The number of nitrogens with zero attached hydrogens (tertiary/aromatic N) is 2. The maximum atomic E-state index is 14.1. The zero-order chi connectivity index (χ0) is 20.6. The van der Waals surface area contributed by atoms with Gasteiger partial charge in [0, 0.05) is 44.0 Å². The van der Waals surface area contributed by atoms with Gasteiger partial charge in [-0.25, -0.2) is 4.39 Å². The molecular weight excluding hydrogens is 381 g/mol. The van der Waals surface area contributed by atoms with E-state index in [1.807, 2.05) is 18.2 Å². The third kappa shape index (κ3) is 5.79. The van der Waals surface area contributed by atoms with Crippen molar-refractivity contribution in [3.8, 4) is 5.75 Å². The molecule has 1 aliphatic rings. The standard InChI is InChI=1S/C21H25F3N4O/c1-25-21(26-14-17-18(22)8-5-9-19(17)29-20(23)24)27-15-10-12-28(13-11-15)16-6-3-2-4-7-16/h2-9,15,20H,10-14H2,1H3,(H2,25,26,27). The number of para-hydroxylation sites is 1. The van der Waals surface area contributed by atoms with Crippen LogP contribution in [0.3, 0.4) is 0 Å². The van der Waals surface area contributed by atoms with Crippen molar-refractivity contribution in [2.45, 2.75) is 32.0 Å². The van der Waals surface area contributed by atoms with Gasteiger partial charge < -0.3 is 20.3 Å². The van der Waals surface area contributed by atoms with E-state index in [1.54, 1.807) is 7.05 Å². The highest BCUT2D eigenvalue weighted by atomic mass is 19.3. The van der Waals surface area contributed by atoms with Crippen LogP contribution in [0.2, 0.25) is 0 Å². The molecule has 0 unspecified atom stereocenters. The first-order chi connectivity index (χ1) is 14.1. The summed E-state index contributed by atoms with van der Waals surface area (Å²) in [6.07, 6.45) is 1.85. The predicted molar refractivity (Wildman–Crippen MR) is 108 cm³/mol. The Labute approximate surface area is 168 Å². The van der Waals surface area contributed by atoms with Crippen LogP contribution in [0.15, 0.2) is 53.5 Å². The first-order valence-corrected chi connectivity index (χ1v) is 9.56. The summed E-state index contributed by atoms with van der Waals surface area (Å²) in [5.41, 5.74) is 1.24. The Balaban J connectivity index is 1.53. The number of nitrogens with one attached hydrogen (secondary N) is 2. The van der Waals surface area contributed by atoms with Crippen molar-refractivity contribution in [1.29, 1.82) is 0 Å². The quantitative estimate of drug-likeness (QED) is 0.567. The predicted octanol–water partition coefficient (Wildman–Crippen LogP) is 3.76. The fraction of sp³-hybridized carbons (Fsp3) is 0.381. The number of anilines is 1. The average Bonchev–Trinajstić information content (AvgIpc) is 2.73. The van der Waals surface area contributed by atoms with Gasteiger partial charge in [-0.2, -0.15) is 8.78 Å². The Morgan fingerprint density at radius 2 is 1.86 bits per heavy atom. The highest BCUT2D eigenvalue weighted by Crippen LogP contribution is 2.23. The number of guanidine groups is 1. The van der Waals surface area contributed by atoms with Crippen LogP contribution < -0.4 is 20.3 Å². The molecule has 1 heterocycles. The smallest absolute Gasteiger partial charge is 0.387 e. The van der Waals surface area contributed by atoms with E-state index >= 15 is 0 Å². The normalized spacial score (nSPS) is 15.5. The molecule has 0 saturated carbocycles. The molecule has 1 saturated heterocycles. The molecule has 5 nitrogen and oxygen atoms in total. The van der Waals surface area contributed by atoms with E-state index in [4.69, 9.17) is 0 Å². The average molecular weight is 406 g/mol. The number of benzene rings is 2. The molecule has 0 atom stereocenters. The van der Waals surface area contributed by atoms with E-state index in [9.17, 15) is 13.2 Å². The zero-order valence-corrected chi connectivity index (χ0v) is 16.2. The van der Waals surface area contributed by atoms with Crippen LogP contribution in [-0.4, -0.2) is 38.8 Å². The topological polar surface area (TPSA) is 48.9 Å². The lowest BCUT2D eigenvalue weighted by atomic mass is 10.0. The van der Waals surface area contributed by atoms with E-state index in [-0.39, 0.29) is 23.9 Å². The molecule has 156 valence electrons. The van der Waals surface area contributed by atoms with Gasteiger partial charge in [0.1, 0.15) is 11.6 Å². The van der Waals surface area contributed by atoms with Crippen molar-refractivity contribution in [2.75, 3.05) is 25.0 Å². The monoisotopic (exact) mass is 406 g/mol. The number of halogens is 3. The minimum Gasteiger partial charge on any atom is -0.434 e. The lowest BCUT2D eigenvalue weighted by molar-refractivity contribution is -0.0506. The van der Waals surface area contributed by atoms with E-state index in [0.717, 1.165) is 25.9 Å². The molecule has 29 heavy (non-hydrogen) atoms. The van der Waals surface area contributed by atoms with Gasteiger partial charge in [-0.3, -0.25) is 4.99 Å². The van der Waals surface area contributed by atoms with Crippen molar-refractivity contribution in [3.05, 3.63) is 59.9 Å². The van der Waals surface area contributed by atoms with Gasteiger partial charge in [-0.15, -0.1) is 0 Å². The van der Waals surface area contributed by atoms with Gasteiger partial charge >= 0.3 is 6.61 Å². The Morgan fingerprint density at radius 1 is 1.14 bits per heavy atom. The molecule has 1 fully saturated rings. The highest BCUT2D eigenvalue weighted by Gasteiger charge is 2.20. The van der Waals surface area contributed by atoms with Crippen LogP contribution in [0.1, 0.15) is 18.4 Å². The second-order valence-electron chi connectivity index (χ2n) is 6.76. The van der Waals surface area contributed by atoms with Gasteiger partial charge in [0.15, 0.2) is 5.96 Å². The fourth-order valence-corrected chi connectivity index (χ4v) is 3.40. The second kappa shape index (κ2) is 10.0. The molecule has 0 radical (unpaired) electrons. The van der Waals surface area contributed by atoms with Gasteiger partial charge in [-0.05, 0) is 37.1 Å². The lowest BCUT2D eigenvalue weighted by Gasteiger charge is -2.34. The van der Waals surface area contributed by atoms with Crippen molar-refractivity contribution in [2.24, 2.45) is 4.99 Å². The van der Waals surface area contributed by atoms with E-state index < -0.39 is 12.4 Å². The van der Waals surface area contributed by atoms with Gasteiger partial charge in [0.25, 0.3) is 0 Å². The Morgan fingerprint density at radius 3 is 2.52 bits per heavy atom. The molecule has 2 aromatic rings. The maximum absolute atomic E-state index is 14.1. The molecule has 0 amide bonds. The summed E-state index contributed by atoms with van der Waals surface area (Å²) >= 11 is 0. The molecule has 8 heteroatoms. The number of ether oxygens (including phenoxy) is 1. The van der Waals surface area contributed by atoms with E-state index in [0.29, 0.717) is 5.96 Å². The Hall–Kier alpha value is -2.90. The van der Waals surface area contributed by atoms with Crippen LogP contribution in [0.5, 0.6) is 5.75 Å². The minimum atomic E-state index is -3.01. The number of hydrogen-bond donors (Lipinski definition) is 2. The molecule has 3 rings (SSSR count). The number of aliphatic imine (C=N–C) groups is 1. The van der Waals surface area contributed by atoms with Crippen LogP contribution in [0.4, 0.5) is 18.9 Å². The number of hydrogen-bond acceptors (Lipinski definition) is 3. The fourth-order valence-electron chi connectivity index (χ4n) is 3.40. The second-order valence-corrected chi connectivity index (χ2v) is 6.76.